The fourth-order valence-corrected chi connectivity index (χ4v) is 2.41. The number of hydrogen-bond donors (Lipinski definition) is 0. The summed E-state index contributed by atoms with van der Waals surface area (Å²) in [5.41, 5.74) is 1.56. The summed E-state index contributed by atoms with van der Waals surface area (Å²) in [5, 5.41) is 10.7. The van der Waals surface area contributed by atoms with Crippen LogP contribution in [-0.4, -0.2) is 29.4 Å². The second-order valence-corrected chi connectivity index (χ2v) is 5.90. The molecule has 2 aromatic carbocycles. The largest absolute Gasteiger partial charge is 0.462 e. The number of benzene rings is 2. The van der Waals surface area contributed by atoms with Gasteiger partial charge in [-0.1, -0.05) is 19.1 Å². The van der Waals surface area contributed by atoms with Crippen LogP contribution in [0.5, 0.6) is 0 Å². The summed E-state index contributed by atoms with van der Waals surface area (Å²) in [6.07, 6.45) is 2.27. The first kappa shape index (κ1) is 19.0. The Bertz CT molecular complexity index is 975. The van der Waals surface area contributed by atoms with Crippen LogP contribution in [0.25, 0.3) is 6.08 Å². The number of non-ortho nitro benzene ring substituents is 1. The van der Waals surface area contributed by atoms with Gasteiger partial charge in [-0.3, -0.25) is 10.1 Å². The molecule has 0 unspecified atom stereocenters. The SMILES string of the molecule is CCCOC(=O)c1ccc(/C=C2\N=C(c3ccc([N+](=O)[O-])cc3)OC2=O)cc1. The molecule has 8 nitrogen and oxygen atoms in total. The van der Waals surface area contributed by atoms with Crippen LogP contribution in [0.15, 0.2) is 59.2 Å². The zero-order chi connectivity index (χ0) is 20.1. The van der Waals surface area contributed by atoms with E-state index in [9.17, 15) is 19.7 Å². The van der Waals surface area contributed by atoms with Crippen molar-refractivity contribution < 1.29 is 24.0 Å². The molecule has 1 aliphatic rings. The normalized spacial score (nSPS) is 14.5. The average Bonchev–Trinajstić information content (AvgIpc) is 3.07. The Morgan fingerprint density at radius 1 is 1.18 bits per heavy atom. The van der Waals surface area contributed by atoms with E-state index in [1.165, 1.54) is 30.3 Å². The van der Waals surface area contributed by atoms with E-state index in [1.807, 2.05) is 6.92 Å². The molecular formula is C20H16N2O6. The van der Waals surface area contributed by atoms with E-state index in [-0.39, 0.29) is 17.3 Å². The van der Waals surface area contributed by atoms with Gasteiger partial charge >= 0.3 is 11.9 Å². The lowest BCUT2D eigenvalue weighted by Gasteiger charge is -2.03. The van der Waals surface area contributed by atoms with Crippen LogP contribution in [0, 0.1) is 10.1 Å². The maximum atomic E-state index is 12.0. The van der Waals surface area contributed by atoms with Gasteiger partial charge in [0.15, 0.2) is 5.70 Å². The molecule has 0 atom stereocenters. The highest BCUT2D eigenvalue weighted by Gasteiger charge is 2.24. The number of carbonyl (C=O) groups is 2. The molecule has 0 amide bonds. The molecule has 0 spiro atoms. The number of nitro benzene ring substituents is 1. The van der Waals surface area contributed by atoms with Crippen molar-refractivity contribution in [2.45, 2.75) is 13.3 Å². The fourth-order valence-electron chi connectivity index (χ4n) is 2.41. The van der Waals surface area contributed by atoms with E-state index in [1.54, 1.807) is 24.3 Å². The highest BCUT2D eigenvalue weighted by Crippen LogP contribution is 2.21. The molecule has 0 N–H and O–H groups in total. The predicted octanol–water partition coefficient (Wildman–Crippen LogP) is 3.51. The van der Waals surface area contributed by atoms with Crippen LogP contribution in [-0.2, 0) is 14.3 Å². The van der Waals surface area contributed by atoms with Crippen LogP contribution >= 0.6 is 0 Å². The van der Waals surface area contributed by atoms with Crippen molar-refractivity contribution in [3.05, 3.63) is 81.0 Å². The zero-order valence-corrected chi connectivity index (χ0v) is 15.0. The molecule has 0 radical (unpaired) electrons. The summed E-state index contributed by atoms with van der Waals surface area (Å²) in [5.74, 6) is -0.953. The van der Waals surface area contributed by atoms with Crippen molar-refractivity contribution in [2.24, 2.45) is 4.99 Å². The molecule has 0 bridgehead atoms. The van der Waals surface area contributed by atoms with E-state index in [0.717, 1.165) is 6.42 Å². The minimum atomic E-state index is -0.625. The van der Waals surface area contributed by atoms with E-state index < -0.39 is 16.9 Å². The number of cyclic esters (lactones) is 1. The summed E-state index contributed by atoms with van der Waals surface area (Å²) < 4.78 is 10.2. The first-order valence-electron chi connectivity index (χ1n) is 8.52. The van der Waals surface area contributed by atoms with Gasteiger partial charge in [0.1, 0.15) is 0 Å². The topological polar surface area (TPSA) is 108 Å². The maximum absolute atomic E-state index is 12.0. The number of rotatable bonds is 6. The Labute approximate surface area is 160 Å². The molecule has 8 heteroatoms. The van der Waals surface area contributed by atoms with Gasteiger partial charge in [0, 0.05) is 17.7 Å². The lowest BCUT2D eigenvalue weighted by atomic mass is 10.1. The third-order valence-electron chi connectivity index (χ3n) is 3.83. The van der Waals surface area contributed by atoms with Gasteiger partial charge in [-0.25, -0.2) is 14.6 Å². The Balaban J connectivity index is 1.77. The van der Waals surface area contributed by atoms with Crippen LogP contribution in [0.2, 0.25) is 0 Å². The Morgan fingerprint density at radius 2 is 1.86 bits per heavy atom. The molecule has 142 valence electrons. The number of aliphatic imine (C=N–C) groups is 1. The molecule has 0 saturated carbocycles. The van der Waals surface area contributed by atoms with Gasteiger partial charge in [0.25, 0.3) is 5.69 Å². The number of nitrogens with zero attached hydrogens (tertiary/aromatic N) is 2. The van der Waals surface area contributed by atoms with Gasteiger partial charge in [0.05, 0.1) is 17.1 Å². The third kappa shape index (κ3) is 4.29. The summed E-state index contributed by atoms with van der Waals surface area (Å²) >= 11 is 0. The second kappa shape index (κ2) is 8.26. The standard InChI is InChI=1S/C20H16N2O6/c1-2-11-27-19(23)15-5-3-13(4-6-15)12-17-20(24)28-18(21-17)14-7-9-16(10-8-14)22(25)26/h3-10,12H,2,11H2,1H3/b17-12-. The van der Waals surface area contributed by atoms with E-state index in [0.29, 0.717) is 23.3 Å². The van der Waals surface area contributed by atoms with Crippen LogP contribution < -0.4 is 0 Å². The number of nitro groups is 1. The monoisotopic (exact) mass is 380 g/mol. The number of esters is 2. The van der Waals surface area contributed by atoms with Gasteiger partial charge in [-0.05, 0) is 42.3 Å². The molecule has 0 aromatic heterocycles. The molecule has 0 saturated heterocycles. The summed E-state index contributed by atoms with van der Waals surface area (Å²) in [6, 6.07) is 12.1. The Kier molecular flexibility index (Phi) is 5.59. The fraction of sp³-hybridized carbons (Fsp3) is 0.150. The Morgan fingerprint density at radius 3 is 2.46 bits per heavy atom. The van der Waals surface area contributed by atoms with Crippen molar-refractivity contribution in [1.82, 2.24) is 0 Å². The van der Waals surface area contributed by atoms with E-state index in [4.69, 9.17) is 9.47 Å². The highest BCUT2D eigenvalue weighted by atomic mass is 16.6. The molecule has 2 aromatic rings. The van der Waals surface area contributed by atoms with E-state index >= 15 is 0 Å². The Hall–Kier alpha value is -3.81. The lowest BCUT2D eigenvalue weighted by Crippen LogP contribution is -2.06. The van der Waals surface area contributed by atoms with E-state index in [2.05, 4.69) is 4.99 Å². The van der Waals surface area contributed by atoms with Crippen LogP contribution in [0.4, 0.5) is 5.69 Å². The minimum absolute atomic E-state index is 0.0676. The number of carbonyl (C=O) groups excluding carboxylic acids is 2. The molecular weight excluding hydrogens is 364 g/mol. The molecule has 3 rings (SSSR count). The van der Waals surface area contributed by atoms with Crippen LogP contribution in [0.1, 0.15) is 34.8 Å². The average molecular weight is 380 g/mol. The summed E-state index contributed by atoms with van der Waals surface area (Å²) in [4.78, 5) is 38.2. The van der Waals surface area contributed by atoms with Crippen molar-refractivity contribution in [1.29, 1.82) is 0 Å². The molecule has 1 aliphatic heterocycles. The van der Waals surface area contributed by atoms with Gasteiger partial charge in [-0.2, -0.15) is 0 Å². The van der Waals surface area contributed by atoms with Gasteiger partial charge in [-0.15, -0.1) is 0 Å². The summed E-state index contributed by atoms with van der Waals surface area (Å²) in [6.45, 7) is 2.27. The van der Waals surface area contributed by atoms with Crippen molar-refractivity contribution in [3.63, 3.8) is 0 Å². The lowest BCUT2D eigenvalue weighted by molar-refractivity contribution is -0.384. The molecule has 1 heterocycles. The van der Waals surface area contributed by atoms with Crippen molar-refractivity contribution in [2.75, 3.05) is 6.61 Å². The first-order chi connectivity index (χ1) is 13.5. The third-order valence-corrected chi connectivity index (χ3v) is 3.83. The molecule has 28 heavy (non-hydrogen) atoms. The smallest absolute Gasteiger partial charge is 0.363 e. The van der Waals surface area contributed by atoms with Crippen LogP contribution in [0.3, 0.4) is 0 Å². The second-order valence-electron chi connectivity index (χ2n) is 5.90. The van der Waals surface area contributed by atoms with Gasteiger partial charge in [0.2, 0.25) is 5.90 Å². The first-order valence-corrected chi connectivity index (χ1v) is 8.52. The number of hydrogen-bond acceptors (Lipinski definition) is 7. The molecule has 0 fully saturated rings. The van der Waals surface area contributed by atoms with Gasteiger partial charge < -0.3 is 9.47 Å². The number of ether oxygens (including phenoxy) is 2. The minimum Gasteiger partial charge on any atom is -0.462 e. The predicted molar refractivity (Wildman–Crippen MR) is 101 cm³/mol. The van der Waals surface area contributed by atoms with Crippen molar-refractivity contribution in [3.8, 4) is 0 Å². The van der Waals surface area contributed by atoms with Crippen molar-refractivity contribution >= 4 is 29.6 Å². The quantitative estimate of drug-likeness (QED) is 0.328. The molecule has 0 aliphatic carbocycles. The highest BCUT2D eigenvalue weighted by molar-refractivity contribution is 6.12. The summed E-state index contributed by atoms with van der Waals surface area (Å²) in [7, 11) is 0. The zero-order valence-electron chi connectivity index (χ0n) is 15.0. The maximum Gasteiger partial charge on any atom is 0.363 e.